The summed E-state index contributed by atoms with van der Waals surface area (Å²) in [6.45, 7) is 9.89. The van der Waals surface area contributed by atoms with Crippen LogP contribution in [0, 0.1) is 6.92 Å². The van der Waals surface area contributed by atoms with Gasteiger partial charge in [0.15, 0.2) is 0 Å². The molecule has 2 heterocycles. The van der Waals surface area contributed by atoms with E-state index in [0.29, 0.717) is 6.04 Å². The molecule has 0 radical (unpaired) electrons. The van der Waals surface area contributed by atoms with Crippen LogP contribution in [0.15, 0.2) is 6.07 Å². The van der Waals surface area contributed by atoms with Crippen LogP contribution in [0.3, 0.4) is 0 Å². The van der Waals surface area contributed by atoms with Crippen molar-refractivity contribution in [2.45, 2.75) is 46.1 Å². The zero-order valence-electron chi connectivity index (χ0n) is 11.7. The van der Waals surface area contributed by atoms with Crippen LogP contribution in [-0.2, 0) is 6.42 Å². The van der Waals surface area contributed by atoms with Crippen LogP contribution in [0.2, 0.25) is 0 Å². The number of anilines is 1. The normalized spacial score (nSPS) is 17.9. The van der Waals surface area contributed by atoms with Gasteiger partial charge in [0.2, 0.25) is 0 Å². The van der Waals surface area contributed by atoms with Crippen molar-refractivity contribution in [3.63, 3.8) is 0 Å². The van der Waals surface area contributed by atoms with Crippen molar-refractivity contribution in [3.05, 3.63) is 17.6 Å². The average molecular weight is 248 g/mol. The Balaban J connectivity index is 1.93. The number of likely N-dealkylation sites (tertiary alicyclic amines) is 1. The molecular weight excluding hydrogens is 224 g/mol. The Bertz CT molecular complexity index is 385. The van der Waals surface area contributed by atoms with Crippen LogP contribution in [0.25, 0.3) is 0 Å². The lowest BCUT2D eigenvalue weighted by atomic mass is 10.2. The molecule has 0 saturated carbocycles. The van der Waals surface area contributed by atoms with Crippen LogP contribution in [0.5, 0.6) is 0 Å². The van der Waals surface area contributed by atoms with E-state index in [1.54, 1.807) is 0 Å². The van der Waals surface area contributed by atoms with E-state index in [2.05, 4.69) is 40.1 Å². The van der Waals surface area contributed by atoms with Gasteiger partial charge in [-0.25, -0.2) is 9.97 Å². The van der Waals surface area contributed by atoms with Gasteiger partial charge in [-0.15, -0.1) is 0 Å². The second-order valence-corrected chi connectivity index (χ2v) is 5.20. The average Bonchev–Trinajstić information content (AvgIpc) is 2.80. The third-order valence-corrected chi connectivity index (χ3v) is 3.38. The van der Waals surface area contributed by atoms with Crippen LogP contribution in [0.1, 0.15) is 38.2 Å². The maximum absolute atomic E-state index is 4.46. The second-order valence-electron chi connectivity index (χ2n) is 5.20. The summed E-state index contributed by atoms with van der Waals surface area (Å²) in [5, 5.41) is 3.49. The van der Waals surface area contributed by atoms with E-state index >= 15 is 0 Å². The van der Waals surface area contributed by atoms with Crippen molar-refractivity contribution in [3.8, 4) is 0 Å². The largest absolute Gasteiger partial charge is 0.366 e. The van der Waals surface area contributed by atoms with E-state index < -0.39 is 0 Å². The molecule has 0 amide bonds. The fourth-order valence-corrected chi connectivity index (χ4v) is 2.54. The highest BCUT2D eigenvalue weighted by Crippen LogP contribution is 2.11. The van der Waals surface area contributed by atoms with Gasteiger partial charge < -0.3 is 10.2 Å². The first-order valence-corrected chi connectivity index (χ1v) is 7.01. The minimum atomic E-state index is 0.433. The highest BCUT2D eigenvalue weighted by Gasteiger charge is 2.14. The van der Waals surface area contributed by atoms with Crippen molar-refractivity contribution in [1.29, 1.82) is 0 Å². The molecule has 0 bridgehead atoms. The first-order valence-electron chi connectivity index (χ1n) is 7.01. The minimum absolute atomic E-state index is 0.433. The van der Waals surface area contributed by atoms with Gasteiger partial charge in [0.05, 0.1) is 0 Å². The summed E-state index contributed by atoms with van der Waals surface area (Å²) < 4.78 is 0. The number of rotatable bonds is 5. The molecule has 100 valence electrons. The van der Waals surface area contributed by atoms with Crippen molar-refractivity contribution in [2.24, 2.45) is 0 Å². The summed E-state index contributed by atoms with van der Waals surface area (Å²) >= 11 is 0. The van der Waals surface area contributed by atoms with E-state index in [1.165, 1.54) is 25.9 Å². The minimum Gasteiger partial charge on any atom is -0.366 e. The molecule has 2 rings (SSSR count). The number of aromatic nitrogens is 2. The van der Waals surface area contributed by atoms with Gasteiger partial charge >= 0.3 is 0 Å². The van der Waals surface area contributed by atoms with E-state index in [1.807, 2.05) is 6.92 Å². The predicted octanol–water partition coefficient (Wildman–Crippen LogP) is 2.24. The zero-order valence-corrected chi connectivity index (χ0v) is 11.7. The molecule has 1 aromatic rings. The van der Waals surface area contributed by atoms with Gasteiger partial charge in [-0.1, -0.05) is 6.92 Å². The Morgan fingerprint density at radius 2 is 2.06 bits per heavy atom. The SMILES string of the molecule is CCc1cc(NC(C)CN2CCCC2)nc(C)n1. The molecule has 0 aromatic carbocycles. The predicted molar refractivity (Wildman–Crippen MR) is 74.9 cm³/mol. The number of hydrogen-bond acceptors (Lipinski definition) is 4. The van der Waals surface area contributed by atoms with E-state index in [-0.39, 0.29) is 0 Å². The maximum Gasteiger partial charge on any atom is 0.130 e. The third-order valence-electron chi connectivity index (χ3n) is 3.38. The molecule has 1 fully saturated rings. The highest BCUT2D eigenvalue weighted by atomic mass is 15.2. The number of nitrogens with one attached hydrogen (secondary N) is 1. The molecule has 1 saturated heterocycles. The van der Waals surface area contributed by atoms with Crippen LogP contribution >= 0.6 is 0 Å². The molecule has 0 aliphatic carbocycles. The van der Waals surface area contributed by atoms with Gasteiger partial charge in [-0.2, -0.15) is 0 Å². The van der Waals surface area contributed by atoms with E-state index in [4.69, 9.17) is 0 Å². The Morgan fingerprint density at radius 3 is 2.72 bits per heavy atom. The smallest absolute Gasteiger partial charge is 0.130 e. The van der Waals surface area contributed by atoms with Gasteiger partial charge in [0.25, 0.3) is 0 Å². The van der Waals surface area contributed by atoms with Crippen LogP contribution < -0.4 is 5.32 Å². The molecule has 1 N–H and O–H groups in total. The van der Waals surface area contributed by atoms with E-state index in [0.717, 1.165) is 30.3 Å². The number of aryl methyl sites for hydroxylation is 2. The van der Waals surface area contributed by atoms with Gasteiger partial charge in [-0.05, 0) is 46.2 Å². The molecule has 4 nitrogen and oxygen atoms in total. The molecule has 18 heavy (non-hydrogen) atoms. The lowest BCUT2D eigenvalue weighted by Gasteiger charge is -2.21. The molecule has 1 aromatic heterocycles. The Hall–Kier alpha value is -1.16. The van der Waals surface area contributed by atoms with Crippen molar-refractivity contribution >= 4 is 5.82 Å². The summed E-state index contributed by atoms with van der Waals surface area (Å²) in [6.07, 6.45) is 3.65. The standard InChI is InChI=1S/C14H24N4/c1-4-13-9-14(17-12(3)16-13)15-11(2)10-18-7-5-6-8-18/h9,11H,4-8,10H2,1-3H3,(H,15,16,17). The lowest BCUT2D eigenvalue weighted by molar-refractivity contribution is 0.327. The van der Waals surface area contributed by atoms with Crippen molar-refractivity contribution in [2.75, 3.05) is 25.0 Å². The fourth-order valence-electron chi connectivity index (χ4n) is 2.54. The summed E-state index contributed by atoms with van der Waals surface area (Å²) in [5.74, 6) is 1.82. The molecule has 1 aliphatic heterocycles. The Kier molecular flexibility index (Phi) is 4.53. The van der Waals surface area contributed by atoms with Gasteiger partial charge in [-0.3, -0.25) is 0 Å². The Labute approximate surface area is 110 Å². The molecule has 0 spiro atoms. The first-order chi connectivity index (χ1) is 8.67. The molecule has 1 atom stereocenters. The third kappa shape index (κ3) is 3.67. The first kappa shape index (κ1) is 13.3. The van der Waals surface area contributed by atoms with Crippen molar-refractivity contribution < 1.29 is 0 Å². The van der Waals surface area contributed by atoms with Crippen molar-refractivity contribution in [1.82, 2.24) is 14.9 Å². The lowest BCUT2D eigenvalue weighted by Crippen LogP contribution is -2.33. The van der Waals surface area contributed by atoms with E-state index in [9.17, 15) is 0 Å². The summed E-state index contributed by atoms with van der Waals surface area (Å²) in [4.78, 5) is 11.4. The van der Waals surface area contributed by atoms with Gasteiger partial charge in [0.1, 0.15) is 11.6 Å². The zero-order chi connectivity index (χ0) is 13.0. The highest BCUT2D eigenvalue weighted by molar-refractivity contribution is 5.37. The summed E-state index contributed by atoms with van der Waals surface area (Å²) in [5.41, 5.74) is 1.11. The second kappa shape index (κ2) is 6.14. The summed E-state index contributed by atoms with van der Waals surface area (Å²) in [6, 6.07) is 2.50. The van der Waals surface area contributed by atoms with Crippen LogP contribution in [0.4, 0.5) is 5.82 Å². The maximum atomic E-state index is 4.46. The monoisotopic (exact) mass is 248 g/mol. The number of nitrogens with zero attached hydrogens (tertiary/aromatic N) is 3. The molecule has 1 unspecified atom stereocenters. The Morgan fingerprint density at radius 1 is 1.33 bits per heavy atom. The molecular formula is C14H24N4. The quantitative estimate of drug-likeness (QED) is 0.867. The molecule has 1 aliphatic rings. The fraction of sp³-hybridized carbons (Fsp3) is 0.714. The molecule has 4 heteroatoms. The van der Waals surface area contributed by atoms with Gasteiger partial charge in [0, 0.05) is 24.3 Å². The number of hydrogen-bond donors (Lipinski definition) is 1. The topological polar surface area (TPSA) is 41.0 Å². The van der Waals surface area contributed by atoms with Crippen LogP contribution in [-0.4, -0.2) is 40.5 Å². The summed E-state index contributed by atoms with van der Waals surface area (Å²) in [7, 11) is 0.